The lowest BCUT2D eigenvalue weighted by Gasteiger charge is -2.26. The van der Waals surface area contributed by atoms with Crippen LogP contribution in [0, 0.1) is 12.8 Å². The predicted octanol–water partition coefficient (Wildman–Crippen LogP) is 2.31. The summed E-state index contributed by atoms with van der Waals surface area (Å²) in [6.45, 7) is 9.90. The summed E-state index contributed by atoms with van der Waals surface area (Å²) in [6.07, 6.45) is 0. The monoisotopic (exact) mass is 291 g/mol. The van der Waals surface area contributed by atoms with Crippen molar-refractivity contribution in [2.45, 2.75) is 40.3 Å². The Morgan fingerprint density at radius 2 is 1.95 bits per heavy atom. The summed E-state index contributed by atoms with van der Waals surface area (Å²) in [7, 11) is 3.73. The maximum atomic E-state index is 11.7. The number of benzene rings is 1. The van der Waals surface area contributed by atoms with Crippen molar-refractivity contribution in [3.05, 3.63) is 29.3 Å². The van der Waals surface area contributed by atoms with Gasteiger partial charge >= 0.3 is 0 Å². The van der Waals surface area contributed by atoms with Crippen LogP contribution >= 0.6 is 0 Å². The molecule has 2 N–H and O–H groups in total. The minimum Gasteiger partial charge on any atom is -0.374 e. The number of carbonyl (C=O) groups excluding carboxylic acids is 1. The molecule has 0 radical (unpaired) electrons. The predicted molar refractivity (Wildman–Crippen MR) is 89.7 cm³/mol. The molecule has 0 spiro atoms. The zero-order valence-electron chi connectivity index (χ0n) is 14.2. The number of nitrogens with one attached hydrogen (secondary N) is 2. The first-order valence-corrected chi connectivity index (χ1v) is 7.60. The minimum atomic E-state index is -0.0350. The third kappa shape index (κ3) is 5.38. The largest absolute Gasteiger partial charge is 0.374 e. The molecule has 0 aromatic heterocycles. The molecule has 0 fully saturated rings. The minimum absolute atomic E-state index is 0.0350. The molecule has 0 heterocycles. The number of aryl methyl sites for hydroxylation is 1. The molecular weight excluding hydrogens is 262 g/mol. The molecule has 4 nitrogen and oxygen atoms in total. The number of amides is 1. The average Bonchev–Trinajstić information content (AvgIpc) is 2.43. The van der Waals surface area contributed by atoms with Gasteiger partial charge in [0.05, 0.1) is 5.92 Å². The molecule has 118 valence electrons. The standard InChI is InChI=1S/C17H29N3O/c1-12(2)19-10-15-9-13(3)7-8-16(15)20(6)11-14(4)17(21)18-5/h7-9,12,14,19H,10-11H2,1-6H3,(H,18,21). The smallest absolute Gasteiger partial charge is 0.224 e. The summed E-state index contributed by atoms with van der Waals surface area (Å²) in [5.74, 6) is 0.0445. The Hall–Kier alpha value is -1.55. The summed E-state index contributed by atoms with van der Waals surface area (Å²) in [6, 6.07) is 6.93. The first-order valence-electron chi connectivity index (χ1n) is 7.60. The van der Waals surface area contributed by atoms with Crippen molar-refractivity contribution in [3.8, 4) is 0 Å². The van der Waals surface area contributed by atoms with Crippen LogP contribution in [0.5, 0.6) is 0 Å². The molecule has 4 heteroatoms. The number of nitrogens with zero attached hydrogens (tertiary/aromatic N) is 1. The zero-order valence-corrected chi connectivity index (χ0v) is 14.2. The van der Waals surface area contributed by atoms with Gasteiger partial charge in [-0.1, -0.05) is 38.5 Å². The van der Waals surface area contributed by atoms with Crippen molar-refractivity contribution >= 4 is 11.6 Å². The summed E-state index contributed by atoms with van der Waals surface area (Å²) in [5, 5.41) is 6.17. The Bertz CT molecular complexity index is 471. The summed E-state index contributed by atoms with van der Waals surface area (Å²) in [5.41, 5.74) is 3.71. The van der Waals surface area contributed by atoms with E-state index in [1.807, 2.05) is 14.0 Å². The molecule has 1 amide bonds. The van der Waals surface area contributed by atoms with Crippen LogP contribution in [-0.2, 0) is 11.3 Å². The first kappa shape index (κ1) is 17.5. The maximum absolute atomic E-state index is 11.7. The Morgan fingerprint density at radius 1 is 1.29 bits per heavy atom. The second kappa shape index (κ2) is 8.03. The lowest BCUT2D eigenvalue weighted by Crippen LogP contribution is -2.35. The topological polar surface area (TPSA) is 44.4 Å². The average molecular weight is 291 g/mol. The van der Waals surface area contributed by atoms with Gasteiger partial charge in [0.2, 0.25) is 5.91 Å². The molecule has 1 unspecified atom stereocenters. The Kier molecular flexibility index (Phi) is 6.69. The number of carbonyl (C=O) groups is 1. The van der Waals surface area contributed by atoms with Gasteiger partial charge in [-0.3, -0.25) is 4.79 Å². The third-order valence-electron chi connectivity index (χ3n) is 3.59. The highest BCUT2D eigenvalue weighted by atomic mass is 16.1. The van der Waals surface area contributed by atoms with E-state index in [0.717, 1.165) is 6.54 Å². The molecule has 0 saturated heterocycles. The fraction of sp³-hybridized carbons (Fsp3) is 0.588. The zero-order chi connectivity index (χ0) is 16.0. The third-order valence-corrected chi connectivity index (χ3v) is 3.59. The van der Waals surface area contributed by atoms with Crippen LogP contribution in [0.1, 0.15) is 31.9 Å². The van der Waals surface area contributed by atoms with Gasteiger partial charge in [-0.25, -0.2) is 0 Å². The second-order valence-electron chi connectivity index (χ2n) is 6.06. The Balaban J connectivity index is 2.87. The molecule has 1 aromatic rings. The number of hydrogen-bond acceptors (Lipinski definition) is 3. The lowest BCUT2D eigenvalue weighted by molar-refractivity contribution is -0.123. The van der Waals surface area contributed by atoms with Gasteiger partial charge in [0.15, 0.2) is 0 Å². The van der Waals surface area contributed by atoms with E-state index < -0.39 is 0 Å². The van der Waals surface area contributed by atoms with Crippen LogP contribution in [0.25, 0.3) is 0 Å². The molecule has 1 atom stereocenters. The molecule has 0 aliphatic rings. The highest BCUT2D eigenvalue weighted by Gasteiger charge is 2.16. The van der Waals surface area contributed by atoms with E-state index in [4.69, 9.17) is 0 Å². The van der Waals surface area contributed by atoms with Gasteiger partial charge < -0.3 is 15.5 Å². The van der Waals surface area contributed by atoms with Gasteiger partial charge in [-0.2, -0.15) is 0 Å². The van der Waals surface area contributed by atoms with Crippen molar-refractivity contribution in [2.24, 2.45) is 5.92 Å². The Morgan fingerprint density at radius 3 is 2.52 bits per heavy atom. The first-order chi connectivity index (χ1) is 9.85. The molecule has 21 heavy (non-hydrogen) atoms. The van der Waals surface area contributed by atoms with Gasteiger partial charge in [-0.05, 0) is 18.6 Å². The van der Waals surface area contributed by atoms with Crippen LogP contribution < -0.4 is 15.5 Å². The van der Waals surface area contributed by atoms with E-state index in [9.17, 15) is 4.79 Å². The lowest BCUT2D eigenvalue weighted by atomic mass is 10.1. The summed E-state index contributed by atoms with van der Waals surface area (Å²) >= 11 is 0. The number of hydrogen-bond donors (Lipinski definition) is 2. The van der Waals surface area contributed by atoms with Crippen LogP contribution in [0.2, 0.25) is 0 Å². The molecule has 0 aliphatic carbocycles. The van der Waals surface area contributed by atoms with E-state index in [0.29, 0.717) is 12.6 Å². The van der Waals surface area contributed by atoms with Gasteiger partial charge in [0, 0.05) is 38.9 Å². The van der Waals surface area contributed by atoms with Gasteiger partial charge in [-0.15, -0.1) is 0 Å². The van der Waals surface area contributed by atoms with Crippen LogP contribution in [0.4, 0.5) is 5.69 Å². The van der Waals surface area contributed by atoms with Gasteiger partial charge in [0.1, 0.15) is 0 Å². The van der Waals surface area contributed by atoms with Crippen molar-refractivity contribution in [1.82, 2.24) is 10.6 Å². The van der Waals surface area contributed by atoms with E-state index >= 15 is 0 Å². The molecule has 1 aromatic carbocycles. The molecular formula is C17H29N3O. The molecule has 0 saturated carbocycles. The summed E-state index contributed by atoms with van der Waals surface area (Å²) < 4.78 is 0. The fourth-order valence-electron chi connectivity index (χ4n) is 2.38. The van der Waals surface area contributed by atoms with E-state index in [-0.39, 0.29) is 11.8 Å². The summed E-state index contributed by atoms with van der Waals surface area (Å²) in [4.78, 5) is 13.8. The highest BCUT2D eigenvalue weighted by molar-refractivity contribution is 5.78. The second-order valence-corrected chi connectivity index (χ2v) is 6.06. The SMILES string of the molecule is CNC(=O)C(C)CN(C)c1ccc(C)cc1CNC(C)C. The number of anilines is 1. The maximum Gasteiger partial charge on any atom is 0.224 e. The van der Waals surface area contributed by atoms with E-state index in [1.165, 1.54) is 16.8 Å². The van der Waals surface area contributed by atoms with E-state index in [1.54, 1.807) is 7.05 Å². The van der Waals surface area contributed by atoms with Gasteiger partial charge in [0.25, 0.3) is 0 Å². The van der Waals surface area contributed by atoms with Crippen LogP contribution in [0.15, 0.2) is 18.2 Å². The quantitative estimate of drug-likeness (QED) is 0.810. The van der Waals surface area contributed by atoms with Crippen molar-refractivity contribution in [1.29, 1.82) is 0 Å². The van der Waals surface area contributed by atoms with Crippen LogP contribution in [0.3, 0.4) is 0 Å². The molecule has 1 rings (SSSR count). The van der Waals surface area contributed by atoms with Crippen LogP contribution in [-0.4, -0.2) is 32.6 Å². The number of rotatable bonds is 7. The van der Waals surface area contributed by atoms with Crippen molar-refractivity contribution < 1.29 is 4.79 Å². The molecule has 0 aliphatic heterocycles. The fourth-order valence-corrected chi connectivity index (χ4v) is 2.38. The Labute approximate surface area is 128 Å². The van der Waals surface area contributed by atoms with Crippen molar-refractivity contribution in [2.75, 3.05) is 25.5 Å². The van der Waals surface area contributed by atoms with E-state index in [2.05, 4.69) is 54.5 Å². The van der Waals surface area contributed by atoms with Crippen molar-refractivity contribution in [3.63, 3.8) is 0 Å². The highest BCUT2D eigenvalue weighted by Crippen LogP contribution is 2.22. The molecule has 0 bridgehead atoms. The normalized spacial score (nSPS) is 12.3.